The number of halogens is 1. The van der Waals surface area contributed by atoms with Crippen LogP contribution in [-0.2, 0) is 4.74 Å². The molecular weight excluding hydrogens is 435 g/mol. The highest BCUT2D eigenvalue weighted by Crippen LogP contribution is 2.63. The SMILES string of the molecule is CC1c2cc(-c3cn(C(=O)OC(C)(C)C)c4cc(F)ccc34)ccc2S(O)(O)N1CCO. The number of carbonyl (C=O) groups excluding carboxylic acids is 1. The van der Waals surface area contributed by atoms with Crippen LogP contribution in [0.3, 0.4) is 0 Å². The first-order valence-corrected chi connectivity index (χ1v) is 11.8. The fraction of sp³-hybridized carbons (Fsp3) is 0.348. The summed E-state index contributed by atoms with van der Waals surface area (Å²) >= 11 is 0. The largest absolute Gasteiger partial charge is 0.443 e. The molecule has 3 aromatic rings. The minimum absolute atomic E-state index is 0.130. The Hall–Kier alpha value is -2.43. The van der Waals surface area contributed by atoms with Crippen LogP contribution in [0.2, 0.25) is 0 Å². The molecule has 1 aromatic heterocycles. The van der Waals surface area contributed by atoms with Crippen LogP contribution in [0, 0.1) is 5.82 Å². The standard InChI is InChI=1S/C23H27FN2O5S/c1-14-18-11-15(5-8-21(18)32(29,30)26(14)9-10-27)19-13-25(22(28)31-23(2,3)4)20-12-16(24)6-7-17(19)20/h5-8,11-14,27,29-30H,9-10H2,1-4H3. The molecular formula is C23H27FN2O5S. The van der Waals surface area contributed by atoms with Crippen LogP contribution < -0.4 is 0 Å². The van der Waals surface area contributed by atoms with E-state index >= 15 is 0 Å². The Kier molecular flexibility index (Phi) is 5.59. The van der Waals surface area contributed by atoms with Gasteiger partial charge in [-0.05, 0) is 69.2 Å². The molecule has 1 aliphatic heterocycles. The van der Waals surface area contributed by atoms with Gasteiger partial charge >= 0.3 is 6.09 Å². The second-order valence-electron chi connectivity index (χ2n) is 8.87. The van der Waals surface area contributed by atoms with Crippen molar-refractivity contribution in [2.75, 3.05) is 13.2 Å². The van der Waals surface area contributed by atoms with Crippen LogP contribution in [0.25, 0.3) is 22.0 Å². The molecule has 0 saturated carbocycles. The minimum Gasteiger partial charge on any atom is -0.443 e. The van der Waals surface area contributed by atoms with Crippen molar-refractivity contribution in [2.45, 2.75) is 44.2 Å². The predicted molar refractivity (Wildman–Crippen MR) is 122 cm³/mol. The maximum Gasteiger partial charge on any atom is 0.419 e. The topological polar surface area (TPSA) is 95.2 Å². The Balaban J connectivity index is 1.85. The van der Waals surface area contributed by atoms with Gasteiger partial charge in [-0.25, -0.2) is 9.18 Å². The van der Waals surface area contributed by atoms with Gasteiger partial charge in [0.25, 0.3) is 0 Å². The molecule has 0 spiro atoms. The van der Waals surface area contributed by atoms with E-state index in [9.17, 15) is 23.4 Å². The van der Waals surface area contributed by atoms with E-state index in [1.807, 2.05) is 13.0 Å². The van der Waals surface area contributed by atoms with Gasteiger partial charge in [-0.2, -0.15) is 4.31 Å². The van der Waals surface area contributed by atoms with E-state index in [0.29, 0.717) is 21.4 Å². The lowest BCUT2D eigenvalue weighted by Crippen LogP contribution is -2.27. The predicted octanol–water partition coefficient (Wildman–Crippen LogP) is 5.62. The maximum absolute atomic E-state index is 14.0. The molecule has 1 aliphatic rings. The van der Waals surface area contributed by atoms with Crippen molar-refractivity contribution in [3.8, 4) is 11.1 Å². The van der Waals surface area contributed by atoms with E-state index < -0.39 is 28.3 Å². The molecule has 0 fully saturated rings. The van der Waals surface area contributed by atoms with Gasteiger partial charge in [0.05, 0.1) is 23.1 Å². The van der Waals surface area contributed by atoms with Crippen molar-refractivity contribution in [3.63, 3.8) is 0 Å². The molecule has 0 bridgehead atoms. The highest BCUT2D eigenvalue weighted by Gasteiger charge is 2.40. The molecule has 7 nitrogen and oxygen atoms in total. The van der Waals surface area contributed by atoms with E-state index in [1.54, 1.807) is 45.2 Å². The van der Waals surface area contributed by atoms with E-state index in [1.165, 1.54) is 21.0 Å². The van der Waals surface area contributed by atoms with E-state index in [4.69, 9.17) is 4.74 Å². The molecule has 0 aliphatic carbocycles. The van der Waals surface area contributed by atoms with Gasteiger partial charge in [0, 0.05) is 23.7 Å². The van der Waals surface area contributed by atoms with Gasteiger partial charge in [-0.15, -0.1) is 10.8 Å². The van der Waals surface area contributed by atoms with Crippen molar-refractivity contribution in [2.24, 2.45) is 0 Å². The van der Waals surface area contributed by atoms with Crippen LogP contribution in [0.1, 0.15) is 39.3 Å². The Morgan fingerprint density at radius 2 is 1.91 bits per heavy atom. The summed E-state index contributed by atoms with van der Waals surface area (Å²) in [6.07, 6.45) is 1.00. The van der Waals surface area contributed by atoms with Gasteiger partial charge in [0.15, 0.2) is 0 Å². The van der Waals surface area contributed by atoms with Crippen LogP contribution in [0.4, 0.5) is 9.18 Å². The molecule has 0 saturated heterocycles. The fourth-order valence-corrected chi connectivity index (χ4v) is 6.05. The summed E-state index contributed by atoms with van der Waals surface area (Å²) in [4.78, 5) is 13.2. The van der Waals surface area contributed by atoms with Crippen LogP contribution in [0.5, 0.6) is 0 Å². The molecule has 32 heavy (non-hydrogen) atoms. The number of ether oxygens (including phenoxy) is 1. The summed E-state index contributed by atoms with van der Waals surface area (Å²) in [6.45, 7) is 7.06. The van der Waals surface area contributed by atoms with Crippen LogP contribution >= 0.6 is 10.8 Å². The number of aliphatic hydroxyl groups is 1. The molecule has 1 unspecified atom stereocenters. The highest BCUT2D eigenvalue weighted by atomic mass is 32.3. The van der Waals surface area contributed by atoms with Crippen LogP contribution in [-0.4, -0.2) is 47.9 Å². The zero-order valence-corrected chi connectivity index (χ0v) is 19.2. The van der Waals surface area contributed by atoms with Gasteiger partial charge in [-0.1, -0.05) is 6.07 Å². The lowest BCUT2D eigenvalue weighted by atomic mass is 9.99. The number of β-amino-alcohol motifs (C(OH)–C–C–N with tert-alkyl or cyclic N) is 1. The average Bonchev–Trinajstić information content (AvgIpc) is 3.16. The van der Waals surface area contributed by atoms with Crippen molar-refractivity contribution in [1.82, 2.24) is 8.87 Å². The molecule has 2 aromatic carbocycles. The lowest BCUT2D eigenvalue weighted by molar-refractivity contribution is 0.0544. The highest BCUT2D eigenvalue weighted by molar-refractivity contribution is 8.22. The smallest absolute Gasteiger partial charge is 0.419 e. The number of benzene rings is 2. The lowest BCUT2D eigenvalue weighted by Gasteiger charge is -2.38. The van der Waals surface area contributed by atoms with E-state index in [-0.39, 0.29) is 19.2 Å². The Morgan fingerprint density at radius 3 is 2.56 bits per heavy atom. The van der Waals surface area contributed by atoms with Crippen molar-refractivity contribution in [3.05, 3.63) is 54.0 Å². The molecule has 9 heteroatoms. The summed E-state index contributed by atoms with van der Waals surface area (Å²) in [5, 5.41) is 10.0. The first-order chi connectivity index (χ1) is 14.9. The van der Waals surface area contributed by atoms with E-state index in [2.05, 4.69) is 0 Å². The second-order valence-corrected chi connectivity index (χ2v) is 10.8. The third kappa shape index (κ3) is 3.80. The van der Waals surface area contributed by atoms with Crippen molar-refractivity contribution < 1.29 is 28.1 Å². The molecule has 172 valence electrons. The van der Waals surface area contributed by atoms with Gasteiger partial charge in [0.1, 0.15) is 11.4 Å². The zero-order valence-electron chi connectivity index (χ0n) is 18.4. The third-order valence-electron chi connectivity index (χ3n) is 5.50. The van der Waals surface area contributed by atoms with Gasteiger partial charge in [0.2, 0.25) is 0 Å². The number of hydrogen-bond acceptors (Lipinski definition) is 6. The number of fused-ring (bicyclic) bond motifs is 2. The fourth-order valence-electron chi connectivity index (χ4n) is 4.11. The summed E-state index contributed by atoms with van der Waals surface area (Å²) in [6, 6.07) is 9.18. The summed E-state index contributed by atoms with van der Waals surface area (Å²) in [7, 11) is -3.19. The molecule has 3 N–H and O–H groups in total. The quantitative estimate of drug-likeness (QED) is 0.467. The minimum atomic E-state index is -3.19. The Bertz CT molecular complexity index is 1200. The summed E-state index contributed by atoms with van der Waals surface area (Å²) in [5.41, 5.74) is 1.84. The zero-order chi connectivity index (χ0) is 23.4. The third-order valence-corrected chi connectivity index (χ3v) is 7.62. The summed E-state index contributed by atoms with van der Waals surface area (Å²) in [5.74, 6) is -0.469. The molecule has 2 heterocycles. The van der Waals surface area contributed by atoms with Crippen molar-refractivity contribution >= 4 is 27.8 Å². The number of rotatable bonds is 3. The Labute approximate surface area is 187 Å². The second kappa shape index (κ2) is 7.86. The number of aromatic nitrogens is 1. The molecule has 4 rings (SSSR count). The first kappa shape index (κ1) is 22.8. The number of aliphatic hydroxyl groups excluding tert-OH is 1. The number of hydrogen-bond donors (Lipinski definition) is 3. The number of carbonyl (C=O) groups is 1. The molecule has 0 radical (unpaired) electrons. The normalized spacial score (nSPS) is 19.2. The summed E-state index contributed by atoms with van der Waals surface area (Å²) < 4.78 is 43.7. The van der Waals surface area contributed by atoms with Gasteiger partial charge in [-0.3, -0.25) is 13.7 Å². The molecule has 0 amide bonds. The van der Waals surface area contributed by atoms with Crippen molar-refractivity contribution in [1.29, 1.82) is 0 Å². The molecule has 1 atom stereocenters. The van der Waals surface area contributed by atoms with Gasteiger partial charge < -0.3 is 9.84 Å². The Morgan fingerprint density at radius 1 is 1.19 bits per heavy atom. The maximum atomic E-state index is 14.0. The van der Waals surface area contributed by atoms with E-state index in [0.717, 1.165) is 11.1 Å². The number of nitrogens with zero attached hydrogens (tertiary/aromatic N) is 2. The average molecular weight is 463 g/mol. The monoisotopic (exact) mass is 462 g/mol. The van der Waals surface area contributed by atoms with Crippen LogP contribution in [0.15, 0.2) is 47.5 Å². The first-order valence-electron chi connectivity index (χ1n) is 10.3.